The van der Waals surface area contributed by atoms with Gasteiger partial charge in [0.05, 0.1) is 21.6 Å². The molecule has 0 saturated carbocycles. The fourth-order valence-corrected chi connectivity index (χ4v) is 2.76. The molecular weight excluding hydrogens is 296 g/mol. The summed E-state index contributed by atoms with van der Waals surface area (Å²) in [5.74, 6) is 0.721. The van der Waals surface area contributed by atoms with Crippen LogP contribution in [0.5, 0.6) is 0 Å². The molecule has 0 atom stereocenters. The Morgan fingerprint density at radius 2 is 1.68 bits per heavy atom. The van der Waals surface area contributed by atoms with E-state index in [0.717, 1.165) is 11.5 Å². The van der Waals surface area contributed by atoms with Crippen LogP contribution in [0.25, 0.3) is 16.6 Å². The van der Waals surface area contributed by atoms with Crippen LogP contribution < -0.4 is 5.56 Å². The van der Waals surface area contributed by atoms with E-state index in [-0.39, 0.29) is 11.0 Å². The molecule has 4 heteroatoms. The first kappa shape index (κ1) is 14.8. The third kappa shape index (κ3) is 2.42. The number of hydrogen-bond acceptors (Lipinski definition) is 2. The van der Waals surface area contributed by atoms with Crippen LogP contribution in [-0.2, 0) is 5.41 Å². The topological polar surface area (TPSA) is 34.9 Å². The Labute approximate surface area is 134 Å². The molecule has 0 amide bonds. The first-order valence-electron chi connectivity index (χ1n) is 7.17. The minimum absolute atomic E-state index is 0.133. The monoisotopic (exact) mass is 312 g/mol. The highest BCUT2D eigenvalue weighted by Gasteiger charge is 2.24. The summed E-state index contributed by atoms with van der Waals surface area (Å²) in [5, 5.41) is 0.890. The van der Waals surface area contributed by atoms with Gasteiger partial charge in [0.2, 0.25) is 0 Å². The largest absolute Gasteiger partial charge is 0.268 e. The van der Waals surface area contributed by atoms with Gasteiger partial charge in [0, 0.05) is 5.41 Å². The summed E-state index contributed by atoms with van der Waals surface area (Å²) in [7, 11) is 0. The van der Waals surface area contributed by atoms with Crippen LogP contribution in [0.3, 0.4) is 0 Å². The van der Waals surface area contributed by atoms with Gasteiger partial charge in [-0.1, -0.05) is 56.6 Å². The van der Waals surface area contributed by atoms with Crippen molar-refractivity contribution in [1.82, 2.24) is 9.55 Å². The smallest absolute Gasteiger partial charge is 0.267 e. The summed E-state index contributed by atoms with van der Waals surface area (Å²) >= 11 is 6.24. The summed E-state index contributed by atoms with van der Waals surface area (Å²) in [6.07, 6.45) is 0. The number of para-hydroxylation sites is 1. The molecule has 1 aromatic heterocycles. The number of hydrogen-bond donors (Lipinski definition) is 0. The van der Waals surface area contributed by atoms with Gasteiger partial charge in [-0.05, 0) is 24.3 Å². The van der Waals surface area contributed by atoms with E-state index in [1.165, 1.54) is 0 Å². The lowest BCUT2D eigenvalue weighted by molar-refractivity contribution is 0.526. The second-order valence-electron chi connectivity index (χ2n) is 6.30. The maximum Gasteiger partial charge on any atom is 0.267 e. The number of nitrogens with zero attached hydrogens (tertiary/aromatic N) is 2. The Bertz CT molecular complexity index is 893. The van der Waals surface area contributed by atoms with Crippen LogP contribution in [-0.4, -0.2) is 9.55 Å². The molecule has 0 N–H and O–H groups in total. The molecule has 22 heavy (non-hydrogen) atoms. The molecule has 0 saturated heterocycles. The number of aromatic nitrogens is 2. The third-order valence-electron chi connectivity index (χ3n) is 3.53. The van der Waals surface area contributed by atoms with Gasteiger partial charge in [-0.15, -0.1) is 0 Å². The fourth-order valence-electron chi connectivity index (χ4n) is 2.51. The minimum atomic E-state index is -0.272. The molecule has 2 aromatic carbocycles. The van der Waals surface area contributed by atoms with Gasteiger partial charge in [0.25, 0.3) is 5.56 Å². The zero-order valence-corrected chi connectivity index (χ0v) is 13.6. The van der Waals surface area contributed by atoms with Crippen molar-refractivity contribution in [3.05, 3.63) is 69.7 Å². The van der Waals surface area contributed by atoms with Crippen molar-refractivity contribution in [1.29, 1.82) is 0 Å². The molecule has 112 valence electrons. The molecule has 0 aliphatic heterocycles. The lowest BCUT2D eigenvalue weighted by Gasteiger charge is -2.23. The molecule has 0 bridgehead atoms. The van der Waals surface area contributed by atoms with E-state index in [1.807, 2.05) is 63.2 Å². The van der Waals surface area contributed by atoms with Crippen molar-refractivity contribution in [2.75, 3.05) is 0 Å². The maximum atomic E-state index is 13.1. The zero-order valence-electron chi connectivity index (χ0n) is 12.8. The fraction of sp³-hybridized carbons (Fsp3) is 0.222. The molecule has 1 heterocycles. The molecule has 0 spiro atoms. The van der Waals surface area contributed by atoms with Crippen molar-refractivity contribution in [2.24, 2.45) is 0 Å². The summed E-state index contributed by atoms with van der Waals surface area (Å²) in [6.45, 7) is 6.14. The molecule has 0 radical (unpaired) electrons. The predicted molar refractivity (Wildman–Crippen MR) is 91.1 cm³/mol. The van der Waals surface area contributed by atoms with E-state index >= 15 is 0 Å². The van der Waals surface area contributed by atoms with E-state index in [0.29, 0.717) is 15.9 Å². The highest BCUT2D eigenvalue weighted by molar-refractivity contribution is 6.35. The summed E-state index contributed by atoms with van der Waals surface area (Å²) in [6, 6.07) is 14.9. The van der Waals surface area contributed by atoms with E-state index in [4.69, 9.17) is 16.6 Å². The predicted octanol–water partition coefficient (Wildman–Crippen LogP) is 4.34. The molecule has 3 aromatic rings. The average Bonchev–Trinajstić information content (AvgIpc) is 2.47. The van der Waals surface area contributed by atoms with Crippen molar-refractivity contribution >= 4 is 22.5 Å². The van der Waals surface area contributed by atoms with E-state index in [2.05, 4.69) is 0 Å². The average molecular weight is 313 g/mol. The summed E-state index contributed by atoms with van der Waals surface area (Å²) in [5.41, 5.74) is 1.03. The number of rotatable bonds is 1. The van der Waals surface area contributed by atoms with Crippen LogP contribution >= 0.6 is 11.6 Å². The summed E-state index contributed by atoms with van der Waals surface area (Å²) in [4.78, 5) is 17.8. The maximum absolute atomic E-state index is 13.1. The van der Waals surface area contributed by atoms with Crippen molar-refractivity contribution in [3.63, 3.8) is 0 Å². The van der Waals surface area contributed by atoms with E-state index in [1.54, 1.807) is 10.6 Å². The van der Waals surface area contributed by atoms with Crippen molar-refractivity contribution in [3.8, 4) is 5.69 Å². The standard InChI is InChI=1S/C18H17ClN2O/c1-18(2,3)17-20-14-11-7-10-13(19)15(14)16(22)21(17)12-8-5-4-6-9-12/h4-11H,1-3H3. The normalized spacial score (nSPS) is 11.8. The molecule has 0 fully saturated rings. The zero-order chi connectivity index (χ0) is 15.9. The highest BCUT2D eigenvalue weighted by Crippen LogP contribution is 2.26. The SMILES string of the molecule is CC(C)(C)c1nc2cccc(Cl)c2c(=O)n1-c1ccccc1. The molecule has 3 rings (SSSR count). The van der Waals surface area contributed by atoms with Crippen LogP contribution in [0.4, 0.5) is 0 Å². The Hall–Kier alpha value is -2.13. The van der Waals surface area contributed by atoms with Crippen LogP contribution in [0, 0.1) is 0 Å². The van der Waals surface area contributed by atoms with Crippen molar-refractivity contribution < 1.29 is 0 Å². The Morgan fingerprint density at radius 3 is 2.32 bits per heavy atom. The van der Waals surface area contributed by atoms with E-state index < -0.39 is 0 Å². The Balaban J connectivity index is 2.50. The van der Waals surface area contributed by atoms with Gasteiger partial charge in [-0.25, -0.2) is 4.98 Å². The molecule has 0 aliphatic carbocycles. The minimum Gasteiger partial charge on any atom is -0.268 e. The third-order valence-corrected chi connectivity index (χ3v) is 3.85. The van der Waals surface area contributed by atoms with Crippen LogP contribution in [0.15, 0.2) is 53.3 Å². The van der Waals surface area contributed by atoms with Gasteiger partial charge >= 0.3 is 0 Å². The number of fused-ring (bicyclic) bond motifs is 1. The van der Waals surface area contributed by atoms with Gasteiger partial charge in [0.1, 0.15) is 5.82 Å². The van der Waals surface area contributed by atoms with Crippen LogP contribution in [0.1, 0.15) is 26.6 Å². The van der Waals surface area contributed by atoms with Gasteiger partial charge in [0.15, 0.2) is 0 Å². The molecular formula is C18H17ClN2O. The quantitative estimate of drug-likeness (QED) is 0.670. The van der Waals surface area contributed by atoms with E-state index in [9.17, 15) is 4.79 Å². The molecule has 0 unspecified atom stereocenters. The first-order valence-corrected chi connectivity index (χ1v) is 7.54. The second-order valence-corrected chi connectivity index (χ2v) is 6.70. The lowest BCUT2D eigenvalue weighted by Crippen LogP contribution is -2.30. The lowest BCUT2D eigenvalue weighted by atomic mass is 9.94. The Kier molecular flexibility index (Phi) is 3.53. The number of benzene rings is 2. The number of halogens is 1. The van der Waals surface area contributed by atoms with Gasteiger partial charge in [-0.2, -0.15) is 0 Å². The Morgan fingerprint density at radius 1 is 1.00 bits per heavy atom. The first-order chi connectivity index (χ1) is 10.4. The van der Waals surface area contributed by atoms with Crippen molar-refractivity contribution in [2.45, 2.75) is 26.2 Å². The second kappa shape index (κ2) is 5.25. The highest BCUT2D eigenvalue weighted by atomic mass is 35.5. The van der Waals surface area contributed by atoms with Crippen LogP contribution in [0.2, 0.25) is 5.02 Å². The molecule has 3 nitrogen and oxygen atoms in total. The summed E-state index contributed by atoms with van der Waals surface area (Å²) < 4.78 is 1.66. The van der Waals surface area contributed by atoms with Gasteiger partial charge in [-0.3, -0.25) is 9.36 Å². The molecule has 0 aliphatic rings. The van der Waals surface area contributed by atoms with Gasteiger partial charge < -0.3 is 0 Å².